The van der Waals surface area contributed by atoms with Crippen LogP contribution in [-0.4, -0.2) is 15.5 Å². The standard InChI is InChI=1S/C23H21N3O2S/c1-3-16-11-7-8-15(2)21(16)25-20(27)13-26-14-24-22-18(23(26)28)12-19(29-22)17-9-5-4-6-10-17/h4-12,14H,3,13H2,1-2H3,(H,25,27). The molecule has 1 N–H and O–H groups in total. The zero-order valence-electron chi connectivity index (χ0n) is 16.3. The number of rotatable bonds is 5. The Labute approximate surface area is 172 Å². The Kier molecular flexibility index (Phi) is 5.27. The van der Waals surface area contributed by atoms with Gasteiger partial charge in [-0.25, -0.2) is 4.98 Å². The van der Waals surface area contributed by atoms with Crippen molar-refractivity contribution in [1.82, 2.24) is 9.55 Å². The van der Waals surface area contributed by atoms with Crippen molar-refractivity contribution < 1.29 is 4.79 Å². The van der Waals surface area contributed by atoms with Crippen molar-refractivity contribution in [3.8, 4) is 10.4 Å². The molecule has 0 unspecified atom stereocenters. The number of hydrogen-bond donors (Lipinski definition) is 1. The van der Waals surface area contributed by atoms with Crippen molar-refractivity contribution in [2.24, 2.45) is 0 Å². The van der Waals surface area contributed by atoms with E-state index in [1.165, 1.54) is 22.2 Å². The summed E-state index contributed by atoms with van der Waals surface area (Å²) < 4.78 is 1.36. The molecule has 1 amide bonds. The summed E-state index contributed by atoms with van der Waals surface area (Å²) in [5.41, 5.74) is 3.74. The van der Waals surface area contributed by atoms with E-state index in [2.05, 4.69) is 10.3 Å². The number of para-hydroxylation sites is 1. The van der Waals surface area contributed by atoms with Gasteiger partial charge >= 0.3 is 0 Å². The maximum atomic E-state index is 12.9. The van der Waals surface area contributed by atoms with E-state index in [-0.39, 0.29) is 18.0 Å². The van der Waals surface area contributed by atoms with Crippen molar-refractivity contribution in [3.05, 3.63) is 82.4 Å². The molecule has 0 saturated carbocycles. The number of nitrogens with zero attached hydrogens (tertiary/aromatic N) is 2. The number of hydrogen-bond acceptors (Lipinski definition) is 4. The molecular formula is C23H21N3O2S. The van der Waals surface area contributed by atoms with E-state index in [4.69, 9.17) is 0 Å². The number of aryl methyl sites for hydroxylation is 2. The van der Waals surface area contributed by atoms with E-state index in [0.717, 1.165) is 33.7 Å². The Hall–Kier alpha value is -3.25. The van der Waals surface area contributed by atoms with Crippen LogP contribution in [0, 0.1) is 6.92 Å². The van der Waals surface area contributed by atoms with Crippen LogP contribution in [0.5, 0.6) is 0 Å². The van der Waals surface area contributed by atoms with Gasteiger partial charge in [-0.2, -0.15) is 0 Å². The number of anilines is 1. The second-order valence-corrected chi connectivity index (χ2v) is 7.91. The highest BCUT2D eigenvalue weighted by molar-refractivity contribution is 7.21. The van der Waals surface area contributed by atoms with Crippen LogP contribution in [0.4, 0.5) is 5.69 Å². The second kappa shape index (κ2) is 8.01. The highest BCUT2D eigenvalue weighted by Gasteiger charge is 2.14. The van der Waals surface area contributed by atoms with Crippen molar-refractivity contribution in [1.29, 1.82) is 0 Å². The first-order chi connectivity index (χ1) is 14.1. The van der Waals surface area contributed by atoms with Crippen LogP contribution in [0.15, 0.2) is 65.7 Å². The van der Waals surface area contributed by atoms with Crippen LogP contribution in [0.2, 0.25) is 0 Å². The van der Waals surface area contributed by atoms with E-state index in [9.17, 15) is 9.59 Å². The first-order valence-electron chi connectivity index (χ1n) is 9.49. The zero-order chi connectivity index (χ0) is 20.4. The lowest BCUT2D eigenvalue weighted by Gasteiger charge is -2.13. The molecule has 2 aromatic heterocycles. The quantitative estimate of drug-likeness (QED) is 0.528. The third kappa shape index (κ3) is 3.84. The summed E-state index contributed by atoms with van der Waals surface area (Å²) in [5, 5.41) is 3.50. The number of carbonyl (C=O) groups excluding carboxylic acids is 1. The molecule has 6 heteroatoms. The van der Waals surface area contributed by atoms with E-state index in [0.29, 0.717) is 10.2 Å². The highest BCUT2D eigenvalue weighted by Crippen LogP contribution is 2.30. The number of thiophene rings is 1. The van der Waals surface area contributed by atoms with Crippen LogP contribution < -0.4 is 10.9 Å². The zero-order valence-corrected chi connectivity index (χ0v) is 17.1. The minimum Gasteiger partial charge on any atom is -0.324 e. The molecule has 29 heavy (non-hydrogen) atoms. The summed E-state index contributed by atoms with van der Waals surface area (Å²) >= 11 is 1.48. The lowest BCUT2D eigenvalue weighted by Crippen LogP contribution is -2.28. The Morgan fingerprint density at radius 3 is 2.69 bits per heavy atom. The molecule has 2 aromatic carbocycles. The molecule has 0 aliphatic heterocycles. The Morgan fingerprint density at radius 1 is 1.14 bits per heavy atom. The molecule has 2 heterocycles. The van der Waals surface area contributed by atoms with Gasteiger partial charge in [-0.15, -0.1) is 11.3 Å². The smallest absolute Gasteiger partial charge is 0.262 e. The topological polar surface area (TPSA) is 64.0 Å². The first-order valence-corrected chi connectivity index (χ1v) is 10.3. The average molecular weight is 404 g/mol. The van der Waals surface area contributed by atoms with Gasteiger partial charge in [0.25, 0.3) is 5.56 Å². The molecule has 0 saturated heterocycles. The van der Waals surface area contributed by atoms with Gasteiger partial charge in [-0.05, 0) is 36.1 Å². The van der Waals surface area contributed by atoms with Gasteiger partial charge in [0.1, 0.15) is 11.4 Å². The molecule has 0 radical (unpaired) electrons. The van der Waals surface area contributed by atoms with Gasteiger partial charge in [0.2, 0.25) is 5.91 Å². The molecule has 0 aliphatic carbocycles. The average Bonchev–Trinajstić information content (AvgIpc) is 3.17. The Balaban J connectivity index is 1.61. The lowest BCUT2D eigenvalue weighted by molar-refractivity contribution is -0.116. The van der Waals surface area contributed by atoms with Gasteiger partial charge in [0.05, 0.1) is 11.7 Å². The van der Waals surface area contributed by atoms with E-state index in [1.807, 2.05) is 68.4 Å². The third-order valence-corrected chi connectivity index (χ3v) is 5.99. The summed E-state index contributed by atoms with van der Waals surface area (Å²) in [6, 6.07) is 17.7. The maximum absolute atomic E-state index is 12.9. The summed E-state index contributed by atoms with van der Waals surface area (Å²) in [4.78, 5) is 31.6. The van der Waals surface area contributed by atoms with Gasteiger partial charge in [-0.1, -0.05) is 55.5 Å². The first kappa shape index (κ1) is 19.1. The largest absolute Gasteiger partial charge is 0.324 e. The molecule has 0 fully saturated rings. The molecular weight excluding hydrogens is 382 g/mol. The van der Waals surface area contributed by atoms with Gasteiger partial charge in [0, 0.05) is 10.6 Å². The van der Waals surface area contributed by atoms with E-state index < -0.39 is 0 Å². The number of carbonyl (C=O) groups is 1. The fraction of sp³-hybridized carbons (Fsp3) is 0.174. The van der Waals surface area contributed by atoms with Crippen LogP contribution >= 0.6 is 11.3 Å². The molecule has 146 valence electrons. The number of fused-ring (bicyclic) bond motifs is 1. The monoisotopic (exact) mass is 403 g/mol. The summed E-state index contributed by atoms with van der Waals surface area (Å²) in [6.45, 7) is 3.94. The molecule has 4 aromatic rings. The number of amides is 1. The second-order valence-electron chi connectivity index (χ2n) is 6.88. The molecule has 0 bridgehead atoms. The number of aromatic nitrogens is 2. The Bertz CT molecular complexity index is 1240. The third-order valence-electron chi connectivity index (χ3n) is 4.89. The molecule has 5 nitrogen and oxygen atoms in total. The van der Waals surface area contributed by atoms with Crippen LogP contribution in [-0.2, 0) is 17.8 Å². The normalized spacial score (nSPS) is 11.0. The van der Waals surface area contributed by atoms with Crippen molar-refractivity contribution >= 4 is 33.1 Å². The van der Waals surface area contributed by atoms with Crippen molar-refractivity contribution in [2.75, 3.05) is 5.32 Å². The molecule has 0 aliphatic rings. The molecule has 0 spiro atoms. The lowest BCUT2D eigenvalue weighted by atomic mass is 10.1. The Morgan fingerprint density at radius 2 is 1.93 bits per heavy atom. The summed E-state index contributed by atoms with van der Waals surface area (Å²) in [6.07, 6.45) is 2.27. The van der Waals surface area contributed by atoms with Crippen LogP contribution in [0.25, 0.3) is 20.7 Å². The number of nitrogens with one attached hydrogen (secondary N) is 1. The minimum atomic E-state index is -0.240. The minimum absolute atomic E-state index is 0.0736. The van der Waals surface area contributed by atoms with Gasteiger partial charge < -0.3 is 5.32 Å². The fourth-order valence-electron chi connectivity index (χ4n) is 3.35. The van der Waals surface area contributed by atoms with E-state index >= 15 is 0 Å². The predicted octanol–water partition coefficient (Wildman–Crippen LogP) is 4.63. The summed E-state index contributed by atoms with van der Waals surface area (Å²) in [5.74, 6) is -0.240. The summed E-state index contributed by atoms with van der Waals surface area (Å²) in [7, 11) is 0. The van der Waals surface area contributed by atoms with E-state index in [1.54, 1.807) is 0 Å². The van der Waals surface area contributed by atoms with Gasteiger partial charge in [0.15, 0.2) is 0 Å². The van der Waals surface area contributed by atoms with Crippen molar-refractivity contribution in [2.45, 2.75) is 26.8 Å². The number of benzene rings is 2. The maximum Gasteiger partial charge on any atom is 0.262 e. The van der Waals surface area contributed by atoms with Crippen LogP contribution in [0.3, 0.4) is 0 Å². The fourth-order valence-corrected chi connectivity index (χ4v) is 4.35. The molecule has 0 atom stereocenters. The predicted molar refractivity (Wildman–Crippen MR) is 119 cm³/mol. The van der Waals surface area contributed by atoms with Crippen molar-refractivity contribution in [3.63, 3.8) is 0 Å². The van der Waals surface area contributed by atoms with Gasteiger partial charge in [-0.3, -0.25) is 14.2 Å². The molecule has 4 rings (SSSR count). The SMILES string of the molecule is CCc1cccc(C)c1NC(=O)Cn1cnc2sc(-c3ccccc3)cc2c1=O. The van der Waals surface area contributed by atoms with Crippen LogP contribution in [0.1, 0.15) is 18.1 Å². The highest BCUT2D eigenvalue weighted by atomic mass is 32.1.